The van der Waals surface area contributed by atoms with Gasteiger partial charge < -0.3 is 10.6 Å². The molecule has 0 radical (unpaired) electrons. The van der Waals surface area contributed by atoms with E-state index < -0.39 is 0 Å². The van der Waals surface area contributed by atoms with Crippen LogP contribution in [0.2, 0.25) is 0 Å². The molecule has 126 valence electrons. The molecule has 0 amide bonds. The maximum atomic E-state index is 12.3. The van der Waals surface area contributed by atoms with Crippen LogP contribution in [0.5, 0.6) is 0 Å². The highest BCUT2D eigenvalue weighted by molar-refractivity contribution is 5.93. The number of nitrogens with one attached hydrogen (secondary N) is 1. The summed E-state index contributed by atoms with van der Waals surface area (Å²) in [6.07, 6.45) is -0.384. The molecule has 1 aromatic heterocycles. The zero-order valence-electron chi connectivity index (χ0n) is 14.0. The predicted molar refractivity (Wildman–Crippen MR) is 100 cm³/mol. The Morgan fingerprint density at radius 1 is 1.12 bits per heavy atom. The van der Waals surface area contributed by atoms with Gasteiger partial charge in [-0.3, -0.25) is 14.7 Å². The van der Waals surface area contributed by atoms with Crippen LogP contribution in [0.1, 0.15) is 11.7 Å². The van der Waals surface area contributed by atoms with Crippen LogP contribution in [-0.4, -0.2) is 29.6 Å². The Bertz CT molecular complexity index is 1040. The molecule has 7 heteroatoms. The van der Waals surface area contributed by atoms with Gasteiger partial charge in [0.25, 0.3) is 5.56 Å². The van der Waals surface area contributed by atoms with E-state index in [-0.39, 0.29) is 17.7 Å². The fourth-order valence-corrected chi connectivity index (χ4v) is 3.03. The average Bonchev–Trinajstić information content (AvgIpc) is 2.61. The number of guanidine groups is 1. The van der Waals surface area contributed by atoms with Gasteiger partial charge in [-0.15, -0.1) is 0 Å². The first-order valence-corrected chi connectivity index (χ1v) is 7.93. The predicted octanol–water partition coefficient (Wildman–Crippen LogP) is 1.75. The van der Waals surface area contributed by atoms with Crippen LogP contribution < -0.4 is 21.5 Å². The second kappa shape index (κ2) is 5.62. The number of fused-ring (bicyclic) bond motifs is 3. The number of aliphatic imine (C=N–C) groups is 1. The Labute approximate surface area is 144 Å². The summed E-state index contributed by atoms with van der Waals surface area (Å²) >= 11 is 0. The summed E-state index contributed by atoms with van der Waals surface area (Å²) in [5, 5.41) is 3.45. The molecule has 0 saturated heterocycles. The van der Waals surface area contributed by atoms with Crippen molar-refractivity contribution in [3.05, 3.63) is 64.4 Å². The van der Waals surface area contributed by atoms with Crippen molar-refractivity contribution in [2.24, 2.45) is 10.7 Å². The summed E-state index contributed by atoms with van der Waals surface area (Å²) in [5.74, 6) is 0.641. The zero-order valence-corrected chi connectivity index (χ0v) is 14.0. The molecule has 0 saturated carbocycles. The number of aromatic nitrogens is 2. The highest BCUT2D eigenvalue weighted by Gasteiger charge is 2.24. The lowest BCUT2D eigenvalue weighted by Gasteiger charge is -2.27. The lowest BCUT2D eigenvalue weighted by atomic mass is 10.1. The highest BCUT2D eigenvalue weighted by Crippen LogP contribution is 2.30. The van der Waals surface area contributed by atoms with Crippen LogP contribution in [0.4, 0.5) is 11.6 Å². The standard InChI is InChI=1S/C18H18N6O/c1-23(2)12-9-7-11(8-10-12)15-20-17(19)22-18-21-16(25)13-5-3-4-6-14(13)24(15)18/h3-10,15H,1-2H3,(H3,19,20,21,22,25). The summed E-state index contributed by atoms with van der Waals surface area (Å²) < 4.78 is 1.90. The van der Waals surface area contributed by atoms with Crippen LogP contribution in [0.25, 0.3) is 10.9 Å². The Morgan fingerprint density at radius 3 is 2.56 bits per heavy atom. The van der Waals surface area contributed by atoms with Crippen molar-refractivity contribution in [1.29, 1.82) is 0 Å². The minimum Gasteiger partial charge on any atom is -0.378 e. The van der Waals surface area contributed by atoms with E-state index in [1.807, 2.05) is 66.0 Å². The molecule has 4 rings (SSSR count). The smallest absolute Gasteiger partial charge is 0.282 e. The molecule has 3 aromatic rings. The van der Waals surface area contributed by atoms with Gasteiger partial charge in [-0.1, -0.05) is 24.3 Å². The third kappa shape index (κ3) is 2.50. The molecular weight excluding hydrogens is 316 g/mol. The van der Waals surface area contributed by atoms with Gasteiger partial charge in [0.2, 0.25) is 5.95 Å². The third-order valence-electron chi connectivity index (χ3n) is 4.28. The topological polar surface area (TPSA) is 88.5 Å². The summed E-state index contributed by atoms with van der Waals surface area (Å²) in [7, 11) is 3.99. The van der Waals surface area contributed by atoms with E-state index in [1.54, 1.807) is 6.07 Å². The molecule has 0 aliphatic carbocycles. The molecule has 3 N–H and O–H groups in total. The Balaban J connectivity index is 1.94. The zero-order chi connectivity index (χ0) is 17.6. The van der Waals surface area contributed by atoms with Gasteiger partial charge in [-0.2, -0.15) is 4.98 Å². The molecule has 0 fully saturated rings. The number of para-hydroxylation sites is 1. The summed E-state index contributed by atoms with van der Waals surface area (Å²) in [5.41, 5.74) is 8.47. The van der Waals surface area contributed by atoms with Crippen molar-refractivity contribution >= 4 is 28.5 Å². The maximum Gasteiger partial charge on any atom is 0.282 e. The van der Waals surface area contributed by atoms with Crippen molar-refractivity contribution in [2.45, 2.75) is 6.17 Å². The van der Waals surface area contributed by atoms with E-state index in [1.165, 1.54) is 0 Å². The van der Waals surface area contributed by atoms with Crippen molar-refractivity contribution in [3.8, 4) is 0 Å². The first kappa shape index (κ1) is 15.2. The number of benzene rings is 2. The van der Waals surface area contributed by atoms with Crippen LogP contribution >= 0.6 is 0 Å². The van der Waals surface area contributed by atoms with Crippen LogP contribution in [0, 0.1) is 0 Å². The van der Waals surface area contributed by atoms with E-state index in [0.29, 0.717) is 11.3 Å². The summed E-state index contributed by atoms with van der Waals surface area (Å²) in [4.78, 5) is 23.0. The van der Waals surface area contributed by atoms with Gasteiger partial charge in [-0.25, -0.2) is 4.99 Å². The number of nitrogens with zero attached hydrogens (tertiary/aromatic N) is 4. The summed E-state index contributed by atoms with van der Waals surface area (Å²) in [6, 6.07) is 15.5. The fraction of sp³-hybridized carbons (Fsp3) is 0.167. The largest absolute Gasteiger partial charge is 0.378 e. The van der Waals surface area contributed by atoms with Gasteiger partial charge in [0.05, 0.1) is 10.9 Å². The second-order valence-corrected chi connectivity index (χ2v) is 6.13. The number of anilines is 2. The molecule has 7 nitrogen and oxygen atoms in total. The molecule has 1 unspecified atom stereocenters. The SMILES string of the molecule is CN(C)c1ccc(C2N=C(N)Nc3nc(=O)c4ccccc4n32)cc1. The van der Waals surface area contributed by atoms with Gasteiger partial charge in [0.15, 0.2) is 12.1 Å². The molecule has 2 aromatic carbocycles. The van der Waals surface area contributed by atoms with E-state index >= 15 is 0 Å². The fourth-order valence-electron chi connectivity index (χ4n) is 3.03. The average molecular weight is 334 g/mol. The first-order chi connectivity index (χ1) is 12.0. The van der Waals surface area contributed by atoms with Gasteiger partial charge >= 0.3 is 0 Å². The molecule has 0 bridgehead atoms. The van der Waals surface area contributed by atoms with E-state index in [4.69, 9.17) is 5.73 Å². The van der Waals surface area contributed by atoms with Crippen LogP contribution in [0.15, 0.2) is 58.3 Å². The minimum absolute atomic E-state index is 0.240. The molecule has 1 atom stereocenters. The van der Waals surface area contributed by atoms with Crippen LogP contribution in [0.3, 0.4) is 0 Å². The minimum atomic E-state index is -0.384. The van der Waals surface area contributed by atoms with Gasteiger partial charge in [0, 0.05) is 19.8 Å². The Hall–Kier alpha value is -3.35. The first-order valence-electron chi connectivity index (χ1n) is 7.93. The normalized spacial score (nSPS) is 16.1. The lowest BCUT2D eigenvalue weighted by molar-refractivity contribution is 0.616. The number of hydrogen-bond acceptors (Lipinski definition) is 6. The molecule has 25 heavy (non-hydrogen) atoms. The molecule has 1 aliphatic heterocycles. The van der Waals surface area contributed by atoms with Gasteiger partial charge in [0.1, 0.15) is 0 Å². The molecule has 1 aliphatic rings. The number of rotatable bonds is 2. The van der Waals surface area contributed by atoms with Crippen LogP contribution in [-0.2, 0) is 0 Å². The Kier molecular flexibility index (Phi) is 3.42. The third-order valence-corrected chi connectivity index (χ3v) is 4.28. The monoisotopic (exact) mass is 334 g/mol. The van der Waals surface area contributed by atoms with Crippen molar-refractivity contribution < 1.29 is 0 Å². The maximum absolute atomic E-state index is 12.3. The summed E-state index contributed by atoms with van der Waals surface area (Å²) in [6.45, 7) is 0. The van der Waals surface area contributed by atoms with Crippen molar-refractivity contribution in [1.82, 2.24) is 9.55 Å². The lowest BCUT2D eigenvalue weighted by Crippen LogP contribution is -2.34. The van der Waals surface area contributed by atoms with Gasteiger partial charge in [-0.05, 0) is 29.8 Å². The second-order valence-electron chi connectivity index (χ2n) is 6.13. The number of nitrogens with two attached hydrogens (primary N) is 1. The Morgan fingerprint density at radius 2 is 1.84 bits per heavy atom. The van der Waals surface area contributed by atoms with Crippen molar-refractivity contribution in [3.63, 3.8) is 0 Å². The van der Waals surface area contributed by atoms with E-state index in [2.05, 4.69) is 15.3 Å². The van der Waals surface area contributed by atoms with E-state index in [0.717, 1.165) is 16.8 Å². The number of hydrogen-bond donors (Lipinski definition) is 2. The highest BCUT2D eigenvalue weighted by atomic mass is 16.1. The van der Waals surface area contributed by atoms with Crippen molar-refractivity contribution in [2.75, 3.05) is 24.3 Å². The quantitative estimate of drug-likeness (QED) is 0.745. The molecule has 2 heterocycles. The molecular formula is C18H18N6O. The molecule has 0 spiro atoms. The van der Waals surface area contributed by atoms with E-state index in [9.17, 15) is 4.79 Å².